The van der Waals surface area contributed by atoms with Gasteiger partial charge in [0.1, 0.15) is 5.76 Å². The Bertz CT molecular complexity index is 132. The van der Waals surface area contributed by atoms with Crippen molar-refractivity contribution in [3.05, 3.63) is 36.6 Å². The molecule has 0 heterocycles. The zero-order chi connectivity index (χ0) is 7.11. The van der Waals surface area contributed by atoms with Gasteiger partial charge in [0.2, 0.25) is 0 Å². The second-order valence-electron chi connectivity index (χ2n) is 1.56. The van der Waals surface area contributed by atoms with Gasteiger partial charge in [-0.3, -0.25) is 0 Å². The third-order valence-corrected chi connectivity index (χ3v) is 0.848. The van der Waals surface area contributed by atoms with Crippen molar-refractivity contribution in [2.45, 2.75) is 6.92 Å². The van der Waals surface area contributed by atoms with E-state index in [0.717, 1.165) is 0 Å². The van der Waals surface area contributed by atoms with E-state index in [1.165, 1.54) is 0 Å². The lowest BCUT2D eigenvalue weighted by atomic mass is 10.4. The molecular formula is C8H12O. The van der Waals surface area contributed by atoms with Crippen molar-refractivity contribution in [1.82, 2.24) is 0 Å². The zero-order valence-electron chi connectivity index (χ0n) is 5.92. The third-order valence-electron chi connectivity index (χ3n) is 0.848. The molecule has 9 heavy (non-hydrogen) atoms. The Morgan fingerprint density at radius 3 is 2.56 bits per heavy atom. The molecule has 0 aromatic carbocycles. The summed E-state index contributed by atoms with van der Waals surface area (Å²) in [7, 11) is 1.60. The van der Waals surface area contributed by atoms with Crippen LogP contribution in [-0.4, -0.2) is 7.11 Å². The summed E-state index contributed by atoms with van der Waals surface area (Å²) in [6, 6.07) is 0. The molecule has 0 N–H and O–H groups in total. The van der Waals surface area contributed by atoms with Crippen LogP contribution in [0.25, 0.3) is 0 Å². The molecule has 0 aliphatic carbocycles. The van der Waals surface area contributed by atoms with Gasteiger partial charge in [0.25, 0.3) is 0 Å². The highest BCUT2D eigenvalue weighted by Gasteiger charge is 1.75. The normalized spacial score (nSPS) is 10.9. The quantitative estimate of drug-likeness (QED) is 0.414. The summed E-state index contributed by atoms with van der Waals surface area (Å²) < 4.78 is 4.78. The van der Waals surface area contributed by atoms with E-state index >= 15 is 0 Å². The minimum absolute atomic E-state index is 0.674. The van der Waals surface area contributed by atoms with Crippen molar-refractivity contribution < 1.29 is 4.74 Å². The maximum Gasteiger partial charge on any atom is 0.111 e. The number of allylic oxidation sites excluding steroid dienone is 4. The Morgan fingerprint density at radius 2 is 2.11 bits per heavy atom. The first kappa shape index (κ1) is 8.02. The summed E-state index contributed by atoms with van der Waals surface area (Å²) in [6.07, 6.45) is 7.55. The molecular weight excluding hydrogens is 112 g/mol. The van der Waals surface area contributed by atoms with Gasteiger partial charge in [0, 0.05) is 0 Å². The topological polar surface area (TPSA) is 9.23 Å². The Balaban J connectivity index is 3.57. The smallest absolute Gasteiger partial charge is 0.111 e. The third kappa shape index (κ3) is 4.88. The minimum atomic E-state index is 0.674. The lowest BCUT2D eigenvalue weighted by molar-refractivity contribution is 0.309. The highest BCUT2D eigenvalue weighted by molar-refractivity contribution is 5.13. The number of methoxy groups -OCH3 is 1. The van der Waals surface area contributed by atoms with Crippen molar-refractivity contribution in [3.63, 3.8) is 0 Å². The maximum atomic E-state index is 4.78. The SMILES string of the molecule is C=C(/C=C/C=C/C)OC. The van der Waals surface area contributed by atoms with E-state index in [0.29, 0.717) is 5.76 Å². The largest absolute Gasteiger partial charge is 0.497 e. The second-order valence-corrected chi connectivity index (χ2v) is 1.56. The van der Waals surface area contributed by atoms with Crippen molar-refractivity contribution in [1.29, 1.82) is 0 Å². The van der Waals surface area contributed by atoms with E-state index in [2.05, 4.69) is 6.58 Å². The van der Waals surface area contributed by atoms with Crippen LogP contribution in [0.3, 0.4) is 0 Å². The van der Waals surface area contributed by atoms with Gasteiger partial charge in [-0.1, -0.05) is 24.8 Å². The molecule has 0 spiro atoms. The van der Waals surface area contributed by atoms with E-state index in [1.807, 2.05) is 25.2 Å². The highest BCUT2D eigenvalue weighted by Crippen LogP contribution is 1.91. The molecule has 0 amide bonds. The fourth-order valence-corrected chi connectivity index (χ4v) is 0.342. The van der Waals surface area contributed by atoms with Crippen LogP contribution in [0.2, 0.25) is 0 Å². The summed E-state index contributed by atoms with van der Waals surface area (Å²) in [5, 5.41) is 0. The molecule has 1 heteroatoms. The molecule has 50 valence electrons. The van der Waals surface area contributed by atoms with Crippen LogP contribution in [0.5, 0.6) is 0 Å². The first-order valence-corrected chi connectivity index (χ1v) is 2.83. The highest BCUT2D eigenvalue weighted by atomic mass is 16.5. The van der Waals surface area contributed by atoms with Gasteiger partial charge in [0.05, 0.1) is 7.11 Å². The Hall–Kier alpha value is -0.980. The van der Waals surface area contributed by atoms with Crippen molar-refractivity contribution >= 4 is 0 Å². The Labute approximate surface area is 56.3 Å². The summed E-state index contributed by atoms with van der Waals surface area (Å²) in [5.41, 5.74) is 0. The zero-order valence-corrected chi connectivity index (χ0v) is 5.92. The van der Waals surface area contributed by atoms with Gasteiger partial charge < -0.3 is 4.74 Å². The fraction of sp³-hybridized carbons (Fsp3) is 0.250. The van der Waals surface area contributed by atoms with Gasteiger partial charge in [-0.25, -0.2) is 0 Å². The maximum absolute atomic E-state index is 4.78. The lowest BCUT2D eigenvalue weighted by Crippen LogP contribution is -1.74. The minimum Gasteiger partial charge on any atom is -0.497 e. The molecule has 0 aromatic heterocycles. The molecule has 0 saturated heterocycles. The van der Waals surface area contributed by atoms with Crippen LogP contribution < -0.4 is 0 Å². The van der Waals surface area contributed by atoms with Gasteiger partial charge in [-0.05, 0) is 13.0 Å². The fourth-order valence-electron chi connectivity index (χ4n) is 0.342. The van der Waals surface area contributed by atoms with E-state index in [9.17, 15) is 0 Å². The van der Waals surface area contributed by atoms with E-state index in [4.69, 9.17) is 4.74 Å². The van der Waals surface area contributed by atoms with Gasteiger partial charge in [-0.15, -0.1) is 0 Å². The van der Waals surface area contributed by atoms with Crippen LogP contribution in [-0.2, 0) is 4.74 Å². The summed E-state index contributed by atoms with van der Waals surface area (Å²) in [5.74, 6) is 0.674. The molecule has 0 atom stereocenters. The lowest BCUT2D eigenvalue weighted by Gasteiger charge is -1.92. The van der Waals surface area contributed by atoms with E-state index in [1.54, 1.807) is 13.2 Å². The molecule has 1 nitrogen and oxygen atoms in total. The molecule has 0 aromatic rings. The predicted octanol–water partition coefficient (Wildman–Crippen LogP) is 2.28. The van der Waals surface area contributed by atoms with Gasteiger partial charge in [-0.2, -0.15) is 0 Å². The number of hydrogen-bond acceptors (Lipinski definition) is 1. The molecule has 0 aliphatic rings. The molecule has 0 bridgehead atoms. The molecule has 0 radical (unpaired) electrons. The van der Waals surface area contributed by atoms with Crippen LogP contribution in [0.1, 0.15) is 6.92 Å². The van der Waals surface area contributed by atoms with Crippen molar-refractivity contribution in [2.75, 3.05) is 7.11 Å². The summed E-state index contributed by atoms with van der Waals surface area (Å²) in [6.45, 7) is 5.56. The Morgan fingerprint density at radius 1 is 1.44 bits per heavy atom. The summed E-state index contributed by atoms with van der Waals surface area (Å²) >= 11 is 0. The van der Waals surface area contributed by atoms with Gasteiger partial charge in [0.15, 0.2) is 0 Å². The molecule has 0 saturated carbocycles. The van der Waals surface area contributed by atoms with Crippen molar-refractivity contribution in [2.24, 2.45) is 0 Å². The standard InChI is InChI=1S/C8H12O/c1-4-5-6-7-8(2)9-3/h4-7H,2H2,1,3H3/b5-4+,7-6+. The van der Waals surface area contributed by atoms with Crippen molar-refractivity contribution in [3.8, 4) is 0 Å². The molecule has 0 aliphatic heterocycles. The molecule has 0 rings (SSSR count). The average Bonchev–Trinajstić information content (AvgIpc) is 1.89. The first-order chi connectivity index (χ1) is 4.31. The predicted molar refractivity (Wildman–Crippen MR) is 40.1 cm³/mol. The van der Waals surface area contributed by atoms with Crippen LogP contribution in [0, 0.1) is 0 Å². The summed E-state index contributed by atoms with van der Waals surface area (Å²) in [4.78, 5) is 0. The molecule has 0 fully saturated rings. The number of hydrogen-bond donors (Lipinski definition) is 0. The monoisotopic (exact) mass is 124 g/mol. The average molecular weight is 124 g/mol. The van der Waals surface area contributed by atoms with E-state index in [-0.39, 0.29) is 0 Å². The van der Waals surface area contributed by atoms with Crippen LogP contribution >= 0.6 is 0 Å². The van der Waals surface area contributed by atoms with Gasteiger partial charge >= 0.3 is 0 Å². The number of ether oxygens (including phenoxy) is 1. The molecule has 0 unspecified atom stereocenters. The number of rotatable bonds is 3. The van der Waals surface area contributed by atoms with Crippen LogP contribution in [0.15, 0.2) is 36.6 Å². The van der Waals surface area contributed by atoms with Crippen LogP contribution in [0.4, 0.5) is 0 Å². The first-order valence-electron chi connectivity index (χ1n) is 2.83. The van der Waals surface area contributed by atoms with E-state index < -0.39 is 0 Å². The Kier molecular flexibility index (Phi) is 4.60. The second kappa shape index (κ2) is 5.16.